The van der Waals surface area contributed by atoms with Gasteiger partial charge in [-0.3, -0.25) is 4.98 Å². The number of halogens is 1. The van der Waals surface area contributed by atoms with Crippen molar-refractivity contribution < 1.29 is 5.11 Å². The van der Waals surface area contributed by atoms with Crippen LogP contribution in [0.2, 0.25) is 5.02 Å². The van der Waals surface area contributed by atoms with Gasteiger partial charge in [0.25, 0.3) is 0 Å². The van der Waals surface area contributed by atoms with Gasteiger partial charge < -0.3 is 10.4 Å². The van der Waals surface area contributed by atoms with E-state index in [0.29, 0.717) is 18.1 Å². The molecule has 1 aromatic rings. The van der Waals surface area contributed by atoms with Gasteiger partial charge in [-0.15, -0.1) is 0 Å². The van der Waals surface area contributed by atoms with Gasteiger partial charge in [-0.25, -0.2) is 0 Å². The first-order chi connectivity index (χ1) is 8.20. The van der Waals surface area contributed by atoms with Crippen molar-refractivity contribution >= 4 is 11.6 Å². The molecule has 1 aromatic heterocycles. The molecule has 2 N–H and O–H groups in total. The Labute approximate surface area is 107 Å². The van der Waals surface area contributed by atoms with Crippen LogP contribution in [0.3, 0.4) is 0 Å². The van der Waals surface area contributed by atoms with Crippen molar-refractivity contribution in [3.63, 3.8) is 0 Å². The minimum Gasteiger partial charge on any atom is -0.389 e. The van der Waals surface area contributed by atoms with Gasteiger partial charge in [-0.05, 0) is 24.5 Å². The highest BCUT2D eigenvalue weighted by Gasteiger charge is 2.28. The van der Waals surface area contributed by atoms with Crippen LogP contribution in [0.4, 0.5) is 0 Å². The predicted molar refractivity (Wildman–Crippen MR) is 69.0 cm³/mol. The lowest BCUT2D eigenvalue weighted by Gasteiger charge is -2.32. The van der Waals surface area contributed by atoms with Crippen LogP contribution in [-0.2, 0) is 6.54 Å². The summed E-state index contributed by atoms with van der Waals surface area (Å²) >= 11 is 6.02. The zero-order valence-electron chi connectivity index (χ0n) is 9.95. The predicted octanol–water partition coefficient (Wildman–Crippen LogP) is 2.52. The molecule has 0 amide bonds. The summed E-state index contributed by atoms with van der Waals surface area (Å²) in [7, 11) is 0. The Kier molecular flexibility index (Phi) is 4.37. The molecule has 0 saturated heterocycles. The topological polar surface area (TPSA) is 45.1 Å². The minimum atomic E-state index is -0.516. The molecule has 2 rings (SSSR count). The molecule has 1 heterocycles. The molecule has 1 saturated carbocycles. The average Bonchev–Trinajstić information content (AvgIpc) is 2.32. The third kappa shape index (κ3) is 3.66. The molecule has 0 unspecified atom stereocenters. The number of hydrogen-bond acceptors (Lipinski definition) is 3. The van der Waals surface area contributed by atoms with Crippen molar-refractivity contribution in [1.82, 2.24) is 10.3 Å². The van der Waals surface area contributed by atoms with E-state index in [0.717, 1.165) is 31.2 Å². The standard InChI is InChI=1S/C13H19ClN2O/c14-12-9-15-7-4-11(12)8-16-10-13(17)5-2-1-3-6-13/h4,7,9,16-17H,1-3,5-6,8,10H2. The summed E-state index contributed by atoms with van der Waals surface area (Å²) < 4.78 is 0. The summed E-state index contributed by atoms with van der Waals surface area (Å²) in [6.45, 7) is 1.33. The summed E-state index contributed by atoms with van der Waals surface area (Å²) in [5, 5.41) is 14.3. The van der Waals surface area contributed by atoms with Crippen LogP contribution in [0, 0.1) is 0 Å². The highest BCUT2D eigenvalue weighted by atomic mass is 35.5. The molecule has 1 aliphatic carbocycles. The maximum atomic E-state index is 10.3. The maximum Gasteiger partial charge on any atom is 0.0771 e. The molecule has 1 aliphatic rings. The third-order valence-electron chi connectivity index (χ3n) is 3.41. The quantitative estimate of drug-likeness (QED) is 0.868. The van der Waals surface area contributed by atoms with Crippen LogP contribution in [-0.4, -0.2) is 22.2 Å². The Morgan fingerprint density at radius 2 is 2.12 bits per heavy atom. The van der Waals surface area contributed by atoms with Crippen molar-refractivity contribution in [2.75, 3.05) is 6.54 Å². The Morgan fingerprint density at radius 3 is 2.82 bits per heavy atom. The van der Waals surface area contributed by atoms with Crippen molar-refractivity contribution in [2.45, 2.75) is 44.2 Å². The lowest BCUT2D eigenvalue weighted by molar-refractivity contribution is 0.00467. The molecule has 0 radical (unpaired) electrons. The highest BCUT2D eigenvalue weighted by molar-refractivity contribution is 6.31. The van der Waals surface area contributed by atoms with Gasteiger partial charge in [-0.2, -0.15) is 0 Å². The third-order valence-corrected chi connectivity index (χ3v) is 3.75. The fourth-order valence-corrected chi connectivity index (χ4v) is 2.55. The Hall–Kier alpha value is -0.640. The van der Waals surface area contributed by atoms with Gasteiger partial charge in [0.1, 0.15) is 0 Å². The van der Waals surface area contributed by atoms with Gasteiger partial charge in [0, 0.05) is 25.5 Å². The highest BCUT2D eigenvalue weighted by Crippen LogP contribution is 2.27. The van der Waals surface area contributed by atoms with E-state index in [2.05, 4.69) is 10.3 Å². The van der Waals surface area contributed by atoms with Crippen molar-refractivity contribution in [3.05, 3.63) is 29.0 Å². The smallest absolute Gasteiger partial charge is 0.0771 e. The van der Waals surface area contributed by atoms with E-state index in [1.807, 2.05) is 6.07 Å². The van der Waals surface area contributed by atoms with Gasteiger partial charge in [0.2, 0.25) is 0 Å². The summed E-state index contributed by atoms with van der Waals surface area (Å²) in [5.41, 5.74) is 0.513. The Bertz CT molecular complexity index is 364. The number of aromatic nitrogens is 1. The lowest BCUT2D eigenvalue weighted by atomic mass is 9.85. The average molecular weight is 255 g/mol. The van der Waals surface area contributed by atoms with Gasteiger partial charge >= 0.3 is 0 Å². The molecule has 0 aromatic carbocycles. The molecule has 1 fully saturated rings. The number of nitrogens with zero attached hydrogens (tertiary/aromatic N) is 1. The van der Waals surface area contributed by atoms with Crippen molar-refractivity contribution in [1.29, 1.82) is 0 Å². The van der Waals surface area contributed by atoms with Crippen LogP contribution in [0.15, 0.2) is 18.5 Å². The minimum absolute atomic E-state index is 0.516. The van der Waals surface area contributed by atoms with E-state index in [4.69, 9.17) is 11.6 Å². The Balaban J connectivity index is 1.81. The van der Waals surface area contributed by atoms with Gasteiger partial charge in [0.05, 0.1) is 10.6 Å². The van der Waals surface area contributed by atoms with E-state index in [1.54, 1.807) is 12.4 Å². The number of hydrogen-bond donors (Lipinski definition) is 2. The second kappa shape index (κ2) is 5.80. The summed E-state index contributed by atoms with van der Waals surface area (Å²) in [6, 6.07) is 1.90. The molecule has 3 nitrogen and oxygen atoms in total. The first-order valence-electron chi connectivity index (χ1n) is 6.21. The van der Waals surface area contributed by atoms with Crippen LogP contribution in [0.1, 0.15) is 37.7 Å². The second-order valence-corrected chi connectivity index (χ2v) is 5.26. The van der Waals surface area contributed by atoms with Crippen molar-refractivity contribution in [2.24, 2.45) is 0 Å². The van der Waals surface area contributed by atoms with E-state index >= 15 is 0 Å². The number of rotatable bonds is 4. The second-order valence-electron chi connectivity index (χ2n) is 4.86. The zero-order chi connectivity index (χ0) is 12.1. The van der Waals surface area contributed by atoms with Gasteiger partial charge in [0.15, 0.2) is 0 Å². The van der Waals surface area contributed by atoms with E-state index < -0.39 is 5.60 Å². The SMILES string of the molecule is OC1(CNCc2ccncc2Cl)CCCCC1. The lowest BCUT2D eigenvalue weighted by Crippen LogP contribution is -2.41. The number of nitrogens with one attached hydrogen (secondary N) is 1. The molecular weight excluding hydrogens is 236 g/mol. The maximum absolute atomic E-state index is 10.3. The molecule has 4 heteroatoms. The first-order valence-corrected chi connectivity index (χ1v) is 6.59. The summed E-state index contributed by atoms with van der Waals surface area (Å²) in [5.74, 6) is 0. The van der Waals surface area contributed by atoms with Crippen LogP contribution < -0.4 is 5.32 Å². The van der Waals surface area contributed by atoms with E-state index in [-0.39, 0.29) is 0 Å². The largest absolute Gasteiger partial charge is 0.389 e. The van der Waals surface area contributed by atoms with Crippen LogP contribution in [0.25, 0.3) is 0 Å². The molecule has 0 bridgehead atoms. The number of pyridine rings is 1. The number of aliphatic hydroxyl groups is 1. The monoisotopic (exact) mass is 254 g/mol. The molecule has 94 valence electrons. The first kappa shape index (κ1) is 12.8. The van der Waals surface area contributed by atoms with E-state index in [1.165, 1.54) is 6.42 Å². The molecule has 0 aliphatic heterocycles. The van der Waals surface area contributed by atoms with Crippen LogP contribution in [0.5, 0.6) is 0 Å². The van der Waals surface area contributed by atoms with Crippen LogP contribution >= 0.6 is 11.6 Å². The van der Waals surface area contributed by atoms with E-state index in [9.17, 15) is 5.11 Å². The molecule has 17 heavy (non-hydrogen) atoms. The fourth-order valence-electron chi connectivity index (χ4n) is 2.36. The normalized spacial score (nSPS) is 19.2. The molecular formula is C13H19ClN2O. The summed E-state index contributed by atoms with van der Waals surface area (Å²) in [6.07, 6.45) is 8.71. The van der Waals surface area contributed by atoms with Gasteiger partial charge in [-0.1, -0.05) is 30.9 Å². The zero-order valence-corrected chi connectivity index (χ0v) is 10.7. The van der Waals surface area contributed by atoms with Crippen molar-refractivity contribution in [3.8, 4) is 0 Å². The molecule has 0 spiro atoms. The Morgan fingerprint density at radius 1 is 1.35 bits per heavy atom. The molecule has 0 atom stereocenters. The summed E-state index contributed by atoms with van der Waals surface area (Å²) in [4.78, 5) is 3.95. The fraction of sp³-hybridized carbons (Fsp3) is 0.615.